The largest absolute Gasteiger partial charge is 0.363 e. The molecule has 0 N–H and O–H groups in total. The summed E-state index contributed by atoms with van der Waals surface area (Å²) in [4.78, 5) is 2.32. The Morgan fingerprint density at radius 3 is 2.19 bits per heavy atom. The molecule has 0 saturated carbocycles. The molecule has 0 atom stereocenters. The van der Waals surface area contributed by atoms with E-state index in [2.05, 4.69) is 66.6 Å². The number of para-hydroxylation sites is 1. The normalized spacial score (nSPS) is 10.5. The van der Waals surface area contributed by atoms with Crippen LogP contribution in [0.3, 0.4) is 0 Å². The number of nitrogens with zero attached hydrogens (tertiary/aromatic N) is 1. The second-order valence-electron chi connectivity index (χ2n) is 4.93. The Labute approximate surface area is 127 Å². The van der Waals surface area contributed by atoms with Crippen LogP contribution in [-0.2, 0) is 6.54 Å². The quantitative estimate of drug-likeness (QED) is 0.643. The standard InChI is InChI=1S/C20H21N/c1-3-4-11-18(2)16-21(20-14-9-6-10-15-20)17-19-12-7-5-8-13-19/h3-15H,1-2,16-17H2/b11-4-. The van der Waals surface area contributed by atoms with Gasteiger partial charge in [-0.15, -0.1) is 0 Å². The molecule has 106 valence electrons. The van der Waals surface area contributed by atoms with Crippen LogP contribution in [0.2, 0.25) is 0 Å². The van der Waals surface area contributed by atoms with E-state index in [1.807, 2.05) is 24.3 Å². The number of anilines is 1. The second kappa shape index (κ2) is 7.91. The van der Waals surface area contributed by atoms with Crippen molar-refractivity contribution in [1.82, 2.24) is 0 Å². The molecule has 0 heterocycles. The van der Waals surface area contributed by atoms with Gasteiger partial charge in [-0.05, 0) is 23.3 Å². The van der Waals surface area contributed by atoms with E-state index in [1.165, 1.54) is 11.3 Å². The Bertz CT molecular complexity index is 596. The first-order valence-corrected chi connectivity index (χ1v) is 7.10. The van der Waals surface area contributed by atoms with Crippen molar-refractivity contribution in [3.63, 3.8) is 0 Å². The Morgan fingerprint density at radius 2 is 1.57 bits per heavy atom. The van der Waals surface area contributed by atoms with Crippen molar-refractivity contribution in [2.24, 2.45) is 0 Å². The number of hydrogen-bond donors (Lipinski definition) is 0. The second-order valence-corrected chi connectivity index (χ2v) is 4.93. The van der Waals surface area contributed by atoms with E-state index >= 15 is 0 Å². The molecule has 2 aromatic rings. The smallest absolute Gasteiger partial charge is 0.0433 e. The molecule has 0 aliphatic heterocycles. The number of hydrogen-bond acceptors (Lipinski definition) is 1. The predicted molar refractivity (Wildman–Crippen MR) is 92.4 cm³/mol. The van der Waals surface area contributed by atoms with Crippen LogP contribution in [0.5, 0.6) is 0 Å². The van der Waals surface area contributed by atoms with Gasteiger partial charge in [0.15, 0.2) is 0 Å². The van der Waals surface area contributed by atoms with Gasteiger partial charge in [0.2, 0.25) is 0 Å². The van der Waals surface area contributed by atoms with Gasteiger partial charge in [-0.1, -0.05) is 79.9 Å². The van der Waals surface area contributed by atoms with Crippen LogP contribution in [0.25, 0.3) is 0 Å². The molecule has 0 aromatic heterocycles. The molecule has 0 spiro atoms. The van der Waals surface area contributed by atoms with Crippen molar-refractivity contribution in [3.8, 4) is 0 Å². The molecule has 2 rings (SSSR count). The summed E-state index contributed by atoms with van der Waals surface area (Å²) in [7, 11) is 0. The third-order valence-electron chi connectivity index (χ3n) is 3.20. The Morgan fingerprint density at radius 1 is 0.952 bits per heavy atom. The summed E-state index contributed by atoms with van der Waals surface area (Å²) < 4.78 is 0. The molecule has 1 heteroatoms. The third kappa shape index (κ3) is 4.81. The lowest BCUT2D eigenvalue weighted by Gasteiger charge is -2.25. The van der Waals surface area contributed by atoms with Gasteiger partial charge >= 0.3 is 0 Å². The molecule has 0 amide bonds. The Hall–Kier alpha value is -2.54. The zero-order valence-corrected chi connectivity index (χ0v) is 12.3. The highest BCUT2D eigenvalue weighted by atomic mass is 15.1. The molecule has 21 heavy (non-hydrogen) atoms. The van der Waals surface area contributed by atoms with Crippen LogP contribution in [0.15, 0.2) is 97.6 Å². The minimum absolute atomic E-state index is 0.795. The van der Waals surface area contributed by atoms with Gasteiger partial charge in [-0.25, -0.2) is 0 Å². The first-order chi connectivity index (χ1) is 10.3. The van der Waals surface area contributed by atoms with Crippen LogP contribution >= 0.6 is 0 Å². The van der Waals surface area contributed by atoms with Gasteiger partial charge in [-0.3, -0.25) is 0 Å². The minimum atomic E-state index is 0.795. The minimum Gasteiger partial charge on any atom is -0.363 e. The number of rotatable bonds is 7. The van der Waals surface area contributed by atoms with E-state index in [0.29, 0.717) is 0 Å². The Balaban J connectivity index is 2.16. The lowest BCUT2D eigenvalue weighted by atomic mass is 10.1. The van der Waals surface area contributed by atoms with Crippen LogP contribution in [0, 0.1) is 0 Å². The fraction of sp³-hybridized carbons (Fsp3) is 0.100. The first-order valence-electron chi connectivity index (χ1n) is 7.10. The van der Waals surface area contributed by atoms with Crippen LogP contribution < -0.4 is 4.90 Å². The molecule has 0 aliphatic rings. The molecular weight excluding hydrogens is 254 g/mol. The Kier molecular flexibility index (Phi) is 5.60. The zero-order chi connectivity index (χ0) is 14.9. The van der Waals surface area contributed by atoms with Crippen molar-refractivity contribution in [2.45, 2.75) is 6.54 Å². The summed E-state index contributed by atoms with van der Waals surface area (Å²) in [5.41, 5.74) is 3.56. The molecule has 0 radical (unpaired) electrons. The molecule has 0 bridgehead atoms. The maximum absolute atomic E-state index is 4.12. The molecule has 0 fully saturated rings. The van der Waals surface area contributed by atoms with E-state index in [0.717, 1.165) is 18.7 Å². The van der Waals surface area contributed by atoms with Crippen molar-refractivity contribution in [1.29, 1.82) is 0 Å². The highest BCUT2D eigenvalue weighted by Crippen LogP contribution is 2.18. The van der Waals surface area contributed by atoms with Crippen molar-refractivity contribution in [2.75, 3.05) is 11.4 Å². The molecule has 0 aliphatic carbocycles. The lowest BCUT2D eigenvalue weighted by molar-refractivity contribution is 0.854. The summed E-state index contributed by atoms with van der Waals surface area (Å²) in [5, 5.41) is 0. The summed E-state index contributed by atoms with van der Waals surface area (Å²) in [6.07, 6.45) is 5.71. The van der Waals surface area contributed by atoms with Crippen LogP contribution in [-0.4, -0.2) is 6.54 Å². The van der Waals surface area contributed by atoms with E-state index in [1.54, 1.807) is 6.08 Å². The first kappa shape index (κ1) is 14.9. The van der Waals surface area contributed by atoms with E-state index < -0.39 is 0 Å². The highest BCUT2D eigenvalue weighted by Gasteiger charge is 2.07. The van der Waals surface area contributed by atoms with Gasteiger partial charge < -0.3 is 4.90 Å². The fourth-order valence-corrected chi connectivity index (χ4v) is 2.18. The van der Waals surface area contributed by atoms with Crippen molar-refractivity contribution in [3.05, 3.63) is 103 Å². The van der Waals surface area contributed by atoms with Crippen molar-refractivity contribution >= 4 is 5.69 Å². The van der Waals surface area contributed by atoms with Crippen molar-refractivity contribution < 1.29 is 0 Å². The van der Waals surface area contributed by atoms with Gasteiger partial charge in [0.1, 0.15) is 0 Å². The molecule has 1 nitrogen and oxygen atoms in total. The molecule has 0 unspecified atom stereocenters. The summed E-state index contributed by atoms with van der Waals surface area (Å²) in [6, 6.07) is 20.9. The van der Waals surface area contributed by atoms with Gasteiger partial charge in [0.05, 0.1) is 0 Å². The maximum Gasteiger partial charge on any atom is 0.0433 e. The molecule has 2 aromatic carbocycles. The summed E-state index contributed by atoms with van der Waals surface area (Å²) >= 11 is 0. The number of allylic oxidation sites excluding steroid dienone is 2. The van der Waals surface area contributed by atoms with Crippen LogP contribution in [0.4, 0.5) is 5.69 Å². The predicted octanol–water partition coefficient (Wildman–Crippen LogP) is 4.99. The SMILES string of the molecule is C=C/C=C\C(=C)CN(Cc1ccccc1)c1ccccc1. The summed E-state index contributed by atoms with van der Waals surface area (Å²) in [6.45, 7) is 9.48. The van der Waals surface area contributed by atoms with Gasteiger partial charge in [0, 0.05) is 18.8 Å². The average Bonchev–Trinajstić information content (AvgIpc) is 2.54. The van der Waals surface area contributed by atoms with E-state index in [9.17, 15) is 0 Å². The maximum atomic E-state index is 4.12. The highest BCUT2D eigenvalue weighted by molar-refractivity contribution is 5.48. The fourth-order valence-electron chi connectivity index (χ4n) is 2.18. The molecular formula is C20H21N. The summed E-state index contributed by atoms with van der Waals surface area (Å²) in [5.74, 6) is 0. The van der Waals surface area contributed by atoms with Crippen LogP contribution in [0.1, 0.15) is 5.56 Å². The van der Waals surface area contributed by atoms with E-state index in [-0.39, 0.29) is 0 Å². The van der Waals surface area contributed by atoms with Gasteiger partial charge in [0.25, 0.3) is 0 Å². The number of benzene rings is 2. The topological polar surface area (TPSA) is 3.24 Å². The van der Waals surface area contributed by atoms with E-state index in [4.69, 9.17) is 0 Å². The lowest BCUT2D eigenvalue weighted by Crippen LogP contribution is -2.24. The zero-order valence-electron chi connectivity index (χ0n) is 12.3. The third-order valence-corrected chi connectivity index (χ3v) is 3.20. The average molecular weight is 275 g/mol. The van der Waals surface area contributed by atoms with Gasteiger partial charge in [-0.2, -0.15) is 0 Å². The monoisotopic (exact) mass is 275 g/mol. The molecule has 0 saturated heterocycles.